The van der Waals surface area contributed by atoms with Crippen LogP contribution in [0.3, 0.4) is 0 Å². The zero-order valence-corrected chi connectivity index (χ0v) is 9.67. The number of hydrogen-bond acceptors (Lipinski definition) is 3. The van der Waals surface area contributed by atoms with Crippen molar-refractivity contribution in [1.29, 1.82) is 0 Å². The first-order chi connectivity index (χ1) is 7.16. The zero-order valence-electron chi connectivity index (χ0n) is 9.67. The molecule has 0 aliphatic heterocycles. The van der Waals surface area contributed by atoms with E-state index in [2.05, 4.69) is 5.32 Å². The van der Waals surface area contributed by atoms with Crippen molar-refractivity contribution in [2.75, 3.05) is 19.8 Å². The fourth-order valence-electron chi connectivity index (χ4n) is 1.65. The molecule has 2 aliphatic carbocycles. The lowest BCUT2D eigenvalue weighted by Gasteiger charge is -2.23. The summed E-state index contributed by atoms with van der Waals surface area (Å²) < 4.78 is 5.51. The molecule has 2 aliphatic rings. The molecule has 0 heterocycles. The van der Waals surface area contributed by atoms with Crippen LogP contribution in [0.15, 0.2) is 0 Å². The third kappa shape index (κ3) is 4.96. The Morgan fingerprint density at radius 2 is 2.07 bits per heavy atom. The molecule has 0 spiro atoms. The van der Waals surface area contributed by atoms with Crippen molar-refractivity contribution in [2.24, 2.45) is 5.92 Å². The van der Waals surface area contributed by atoms with E-state index in [-0.39, 0.29) is 0 Å². The molecule has 2 saturated carbocycles. The molecule has 3 heteroatoms. The second-order valence-corrected chi connectivity index (χ2v) is 5.44. The molecule has 0 amide bonds. The van der Waals surface area contributed by atoms with Crippen LogP contribution in [0.2, 0.25) is 0 Å². The topological polar surface area (TPSA) is 41.5 Å². The summed E-state index contributed by atoms with van der Waals surface area (Å²) in [7, 11) is 0. The Balaban J connectivity index is 1.49. The van der Waals surface area contributed by atoms with Gasteiger partial charge in [-0.15, -0.1) is 0 Å². The summed E-state index contributed by atoms with van der Waals surface area (Å²) in [5, 5.41) is 13.3. The van der Waals surface area contributed by atoms with E-state index in [4.69, 9.17) is 4.74 Å². The van der Waals surface area contributed by atoms with Crippen molar-refractivity contribution >= 4 is 0 Å². The molecule has 1 unspecified atom stereocenters. The second kappa shape index (κ2) is 4.81. The van der Waals surface area contributed by atoms with E-state index >= 15 is 0 Å². The first-order valence-electron chi connectivity index (χ1n) is 6.19. The van der Waals surface area contributed by atoms with E-state index < -0.39 is 5.60 Å². The van der Waals surface area contributed by atoms with Crippen LogP contribution in [-0.4, -0.2) is 36.5 Å². The van der Waals surface area contributed by atoms with E-state index in [1.165, 1.54) is 32.1 Å². The highest BCUT2D eigenvalue weighted by molar-refractivity contribution is 4.85. The number of ether oxygens (including phenoxy) is 1. The molecule has 0 bridgehead atoms. The molecular formula is C12H23NO2. The van der Waals surface area contributed by atoms with Gasteiger partial charge in [0.15, 0.2) is 0 Å². The highest BCUT2D eigenvalue weighted by Gasteiger charge is 2.27. The fraction of sp³-hybridized carbons (Fsp3) is 1.00. The molecule has 0 saturated heterocycles. The van der Waals surface area contributed by atoms with Gasteiger partial charge in [-0.2, -0.15) is 0 Å². The average Bonchev–Trinajstić information content (AvgIpc) is 3.01. The summed E-state index contributed by atoms with van der Waals surface area (Å²) in [5.74, 6) is 0.916. The zero-order chi connectivity index (χ0) is 10.7. The Morgan fingerprint density at radius 1 is 1.33 bits per heavy atom. The molecule has 2 N–H and O–H groups in total. The van der Waals surface area contributed by atoms with Crippen LogP contribution in [0.25, 0.3) is 0 Å². The van der Waals surface area contributed by atoms with Gasteiger partial charge in [-0.25, -0.2) is 0 Å². The molecule has 3 nitrogen and oxygen atoms in total. The van der Waals surface area contributed by atoms with Gasteiger partial charge in [0.2, 0.25) is 0 Å². The van der Waals surface area contributed by atoms with Crippen LogP contribution < -0.4 is 5.32 Å². The van der Waals surface area contributed by atoms with Crippen LogP contribution in [0, 0.1) is 5.92 Å². The molecule has 0 aromatic heterocycles. The van der Waals surface area contributed by atoms with Crippen LogP contribution >= 0.6 is 0 Å². The van der Waals surface area contributed by atoms with Crippen molar-refractivity contribution in [1.82, 2.24) is 5.32 Å². The van der Waals surface area contributed by atoms with Crippen molar-refractivity contribution in [3.8, 4) is 0 Å². The normalized spacial score (nSPS) is 25.2. The molecule has 15 heavy (non-hydrogen) atoms. The maximum absolute atomic E-state index is 9.98. The van der Waals surface area contributed by atoms with Gasteiger partial charge >= 0.3 is 0 Å². The summed E-state index contributed by atoms with van der Waals surface area (Å²) in [5.41, 5.74) is -0.702. The lowest BCUT2D eigenvalue weighted by molar-refractivity contribution is -0.0337. The minimum atomic E-state index is -0.702. The number of aliphatic hydroxyl groups is 1. The van der Waals surface area contributed by atoms with Gasteiger partial charge in [-0.3, -0.25) is 0 Å². The molecule has 2 rings (SSSR count). The van der Waals surface area contributed by atoms with E-state index in [9.17, 15) is 5.11 Å². The Bertz CT molecular complexity index is 198. The smallest absolute Gasteiger partial charge is 0.0975 e. The minimum absolute atomic E-state index is 0.458. The Kier molecular flexibility index (Phi) is 3.65. The number of rotatable bonds is 8. The third-order valence-electron chi connectivity index (χ3n) is 3.13. The summed E-state index contributed by atoms with van der Waals surface area (Å²) in [4.78, 5) is 0. The van der Waals surface area contributed by atoms with Gasteiger partial charge in [0.05, 0.1) is 12.2 Å². The summed E-state index contributed by atoms with van der Waals surface area (Å²) in [6, 6.07) is 0.655. The summed E-state index contributed by atoms with van der Waals surface area (Å²) in [6.45, 7) is 3.77. The van der Waals surface area contributed by atoms with Crippen LogP contribution in [0.1, 0.15) is 39.0 Å². The SMILES string of the molecule is CC(O)(CNC1CC1)COCCC1CC1. The average molecular weight is 213 g/mol. The maximum Gasteiger partial charge on any atom is 0.0975 e. The van der Waals surface area contributed by atoms with Crippen LogP contribution in [-0.2, 0) is 4.74 Å². The minimum Gasteiger partial charge on any atom is -0.386 e. The number of nitrogens with one attached hydrogen (secondary N) is 1. The highest BCUT2D eigenvalue weighted by atomic mass is 16.5. The van der Waals surface area contributed by atoms with E-state index in [1.807, 2.05) is 6.92 Å². The standard InChI is InChI=1S/C12H23NO2/c1-12(14,8-13-11-4-5-11)9-15-7-6-10-2-3-10/h10-11,13-14H,2-9H2,1H3. The Morgan fingerprint density at radius 3 is 2.67 bits per heavy atom. The third-order valence-corrected chi connectivity index (χ3v) is 3.13. The first-order valence-corrected chi connectivity index (χ1v) is 6.19. The predicted molar refractivity (Wildman–Crippen MR) is 59.8 cm³/mol. The molecule has 1 atom stereocenters. The predicted octanol–water partition coefficient (Wildman–Crippen LogP) is 1.31. The van der Waals surface area contributed by atoms with Gasteiger partial charge in [0.1, 0.15) is 0 Å². The van der Waals surface area contributed by atoms with Gasteiger partial charge in [0.25, 0.3) is 0 Å². The van der Waals surface area contributed by atoms with Crippen LogP contribution in [0.5, 0.6) is 0 Å². The summed E-state index contributed by atoms with van der Waals surface area (Å²) in [6.07, 6.45) is 6.45. The van der Waals surface area contributed by atoms with Gasteiger partial charge in [-0.1, -0.05) is 12.8 Å². The summed E-state index contributed by atoms with van der Waals surface area (Å²) >= 11 is 0. The lowest BCUT2D eigenvalue weighted by Crippen LogP contribution is -2.42. The monoisotopic (exact) mass is 213 g/mol. The molecule has 88 valence electrons. The Labute approximate surface area is 92.2 Å². The second-order valence-electron chi connectivity index (χ2n) is 5.44. The maximum atomic E-state index is 9.98. The van der Waals surface area contributed by atoms with Crippen molar-refractivity contribution in [2.45, 2.75) is 50.7 Å². The van der Waals surface area contributed by atoms with Gasteiger partial charge in [0, 0.05) is 19.2 Å². The van der Waals surface area contributed by atoms with Gasteiger partial charge in [-0.05, 0) is 32.1 Å². The Hall–Kier alpha value is -0.120. The lowest BCUT2D eigenvalue weighted by atomic mass is 10.1. The van der Waals surface area contributed by atoms with Crippen molar-refractivity contribution in [3.05, 3.63) is 0 Å². The highest BCUT2D eigenvalue weighted by Crippen LogP contribution is 2.32. The number of hydrogen-bond donors (Lipinski definition) is 2. The molecule has 0 aromatic carbocycles. The van der Waals surface area contributed by atoms with E-state index in [0.29, 0.717) is 19.2 Å². The molecule has 0 radical (unpaired) electrons. The van der Waals surface area contributed by atoms with E-state index in [0.717, 1.165) is 12.5 Å². The van der Waals surface area contributed by atoms with Crippen molar-refractivity contribution < 1.29 is 9.84 Å². The molecule has 2 fully saturated rings. The van der Waals surface area contributed by atoms with Crippen LogP contribution in [0.4, 0.5) is 0 Å². The van der Waals surface area contributed by atoms with Crippen molar-refractivity contribution in [3.63, 3.8) is 0 Å². The molecule has 0 aromatic rings. The van der Waals surface area contributed by atoms with Gasteiger partial charge < -0.3 is 15.2 Å². The quantitative estimate of drug-likeness (QED) is 0.597. The largest absolute Gasteiger partial charge is 0.386 e. The van der Waals surface area contributed by atoms with E-state index in [1.54, 1.807) is 0 Å². The molecular weight excluding hydrogens is 190 g/mol. The first kappa shape index (κ1) is 11.4. The fourth-order valence-corrected chi connectivity index (χ4v) is 1.65.